The smallest absolute Gasteiger partial charge is 0.244 e. The maximum atomic E-state index is 13.5. The fraction of sp³-hybridized carbons (Fsp3) is 0.474. The zero-order valence-electron chi connectivity index (χ0n) is 16.6. The minimum absolute atomic E-state index is 0.0817. The predicted molar refractivity (Wildman–Crippen MR) is 109 cm³/mol. The van der Waals surface area contributed by atoms with Crippen LogP contribution in [0.15, 0.2) is 29.2 Å². The molecule has 158 valence electrons. The van der Waals surface area contributed by atoms with Crippen LogP contribution in [-0.2, 0) is 10.0 Å². The second kappa shape index (κ2) is 9.36. The third-order valence-corrected chi connectivity index (χ3v) is 6.12. The summed E-state index contributed by atoms with van der Waals surface area (Å²) in [6, 6.07) is 5.32. The number of nitrogens with one attached hydrogen (secondary N) is 2. The molecule has 29 heavy (non-hydrogen) atoms. The number of sulfonamides is 1. The van der Waals surface area contributed by atoms with E-state index >= 15 is 0 Å². The van der Waals surface area contributed by atoms with Gasteiger partial charge in [0, 0.05) is 37.9 Å². The van der Waals surface area contributed by atoms with Crippen molar-refractivity contribution in [1.29, 1.82) is 0 Å². The average Bonchev–Trinajstić information content (AvgIpc) is 2.71. The van der Waals surface area contributed by atoms with Crippen LogP contribution >= 0.6 is 0 Å². The van der Waals surface area contributed by atoms with Gasteiger partial charge in [-0.25, -0.2) is 22.5 Å². The molecule has 1 fully saturated rings. The van der Waals surface area contributed by atoms with Crippen molar-refractivity contribution in [1.82, 2.24) is 14.7 Å². The van der Waals surface area contributed by atoms with Crippen molar-refractivity contribution in [3.05, 3.63) is 35.8 Å². The monoisotopic (exact) mass is 423 g/mol. The molecule has 1 aliphatic rings. The highest BCUT2D eigenvalue weighted by Crippen LogP contribution is 2.24. The van der Waals surface area contributed by atoms with Gasteiger partial charge in [0.15, 0.2) is 0 Å². The number of hydrogen-bond donors (Lipinski definition) is 2. The van der Waals surface area contributed by atoms with Crippen LogP contribution in [0.2, 0.25) is 0 Å². The number of anilines is 2. The summed E-state index contributed by atoms with van der Waals surface area (Å²) >= 11 is 0. The van der Waals surface area contributed by atoms with E-state index in [0.29, 0.717) is 5.95 Å². The lowest BCUT2D eigenvalue weighted by molar-refractivity contribution is 0.400. The van der Waals surface area contributed by atoms with E-state index in [2.05, 4.69) is 24.9 Å². The highest BCUT2D eigenvalue weighted by molar-refractivity contribution is 7.89. The van der Waals surface area contributed by atoms with E-state index < -0.39 is 15.8 Å². The lowest BCUT2D eigenvalue weighted by Gasteiger charge is -2.28. The first-order valence-corrected chi connectivity index (χ1v) is 11.0. The highest BCUT2D eigenvalue weighted by Gasteiger charge is 2.20. The molecule has 1 aromatic heterocycles. The number of methoxy groups -OCH3 is 1. The van der Waals surface area contributed by atoms with E-state index in [1.54, 1.807) is 0 Å². The Labute approximate surface area is 170 Å². The van der Waals surface area contributed by atoms with Gasteiger partial charge in [0.25, 0.3) is 0 Å². The zero-order valence-corrected chi connectivity index (χ0v) is 17.4. The first-order chi connectivity index (χ1) is 13.9. The largest absolute Gasteiger partial charge is 0.495 e. The number of aryl methyl sites for hydroxylation is 1. The molecule has 1 aliphatic heterocycles. The number of ether oxygens (including phenoxy) is 1. The van der Waals surface area contributed by atoms with E-state index in [4.69, 9.17) is 4.74 Å². The van der Waals surface area contributed by atoms with Crippen molar-refractivity contribution in [2.24, 2.45) is 0 Å². The van der Waals surface area contributed by atoms with Crippen molar-refractivity contribution in [3.8, 4) is 5.75 Å². The number of rotatable bonds is 8. The lowest BCUT2D eigenvalue weighted by Crippen LogP contribution is -2.31. The van der Waals surface area contributed by atoms with E-state index in [9.17, 15) is 12.8 Å². The molecule has 1 aromatic carbocycles. The molecule has 2 heterocycles. The second-order valence-corrected chi connectivity index (χ2v) is 8.59. The number of hydrogen-bond acceptors (Lipinski definition) is 7. The van der Waals surface area contributed by atoms with Gasteiger partial charge in [-0.05, 0) is 44.4 Å². The van der Waals surface area contributed by atoms with Crippen LogP contribution in [0.5, 0.6) is 5.75 Å². The van der Waals surface area contributed by atoms with Gasteiger partial charge in [-0.15, -0.1) is 0 Å². The SMILES string of the molecule is COc1ccc(F)cc1S(=O)(=O)NCCNc1nc(C)cc(N2CCCCC2)n1. The van der Waals surface area contributed by atoms with Gasteiger partial charge in [-0.3, -0.25) is 0 Å². The van der Waals surface area contributed by atoms with Crippen molar-refractivity contribution >= 4 is 21.8 Å². The molecule has 0 atom stereocenters. The van der Waals surface area contributed by atoms with Crippen LogP contribution in [0, 0.1) is 12.7 Å². The summed E-state index contributed by atoms with van der Waals surface area (Å²) in [5.41, 5.74) is 0.841. The standard InChI is InChI=1S/C19H26FN5O3S/c1-14-12-18(25-10-4-3-5-11-25)24-19(23-14)21-8-9-22-29(26,27)17-13-15(20)6-7-16(17)28-2/h6-7,12-13,22H,3-5,8-11H2,1-2H3,(H,21,23,24). The van der Waals surface area contributed by atoms with Gasteiger partial charge >= 0.3 is 0 Å². The van der Waals surface area contributed by atoms with E-state index in [0.717, 1.165) is 49.6 Å². The van der Waals surface area contributed by atoms with Crippen LogP contribution in [-0.4, -0.2) is 51.7 Å². The zero-order chi connectivity index (χ0) is 20.9. The molecule has 0 saturated carbocycles. The topological polar surface area (TPSA) is 96.5 Å². The first-order valence-electron chi connectivity index (χ1n) is 9.57. The average molecular weight is 424 g/mol. The van der Waals surface area contributed by atoms with Gasteiger partial charge in [-0.2, -0.15) is 4.98 Å². The molecule has 0 aliphatic carbocycles. The third kappa shape index (κ3) is 5.54. The van der Waals surface area contributed by atoms with Gasteiger partial charge < -0.3 is 15.0 Å². The van der Waals surface area contributed by atoms with Gasteiger partial charge in [0.2, 0.25) is 16.0 Å². The molecular formula is C19H26FN5O3S. The van der Waals surface area contributed by atoms with Crippen LogP contribution in [0.25, 0.3) is 0 Å². The minimum Gasteiger partial charge on any atom is -0.495 e. The van der Waals surface area contributed by atoms with Crippen LogP contribution in [0.1, 0.15) is 25.0 Å². The van der Waals surface area contributed by atoms with Crippen molar-refractivity contribution in [3.63, 3.8) is 0 Å². The molecule has 1 saturated heterocycles. The second-order valence-electron chi connectivity index (χ2n) is 6.86. The molecule has 3 rings (SSSR count). The van der Waals surface area contributed by atoms with Crippen LogP contribution in [0.4, 0.5) is 16.2 Å². The van der Waals surface area contributed by atoms with Crippen molar-refractivity contribution in [2.75, 3.05) is 43.5 Å². The first kappa shape index (κ1) is 21.3. The fourth-order valence-corrected chi connectivity index (χ4v) is 4.42. The van der Waals surface area contributed by atoms with E-state index in [-0.39, 0.29) is 23.7 Å². The number of halogens is 1. The lowest BCUT2D eigenvalue weighted by atomic mass is 10.1. The molecule has 0 spiro atoms. The summed E-state index contributed by atoms with van der Waals surface area (Å²) in [7, 11) is -2.58. The molecule has 2 N–H and O–H groups in total. The Kier molecular flexibility index (Phi) is 6.86. The normalized spacial score (nSPS) is 14.7. The summed E-state index contributed by atoms with van der Waals surface area (Å²) in [5, 5.41) is 3.05. The summed E-state index contributed by atoms with van der Waals surface area (Å²) < 4.78 is 45.9. The van der Waals surface area contributed by atoms with Crippen LogP contribution < -0.4 is 19.7 Å². The Morgan fingerprint density at radius 1 is 1.14 bits per heavy atom. The number of benzene rings is 1. The molecule has 10 heteroatoms. The maximum absolute atomic E-state index is 13.5. The van der Waals surface area contributed by atoms with Crippen LogP contribution in [0.3, 0.4) is 0 Å². The van der Waals surface area contributed by atoms with Gasteiger partial charge in [0.05, 0.1) is 7.11 Å². The highest BCUT2D eigenvalue weighted by atomic mass is 32.2. The number of piperidine rings is 1. The van der Waals surface area contributed by atoms with Crippen molar-refractivity contribution < 1.29 is 17.5 Å². The maximum Gasteiger partial charge on any atom is 0.244 e. The number of nitrogens with zero attached hydrogens (tertiary/aromatic N) is 3. The minimum atomic E-state index is -3.92. The molecule has 0 unspecified atom stereocenters. The Hall–Kier alpha value is -2.46. The van der Waals surface area contributed by atoms with E-state index in [1.807, 2.05) is 13.0 Å². The summed E-state index contributed by atoms with van der Waals surface area (Å²) in [4.78, 5) is 10.9. The Morgan fingerprint density at radius 3 is 2.62 bits per heavy atom. The summed E-state index contributed by atoms with van der Waals surface area (Å²) in [6.45, 7) is 4.22. The molecular weight excluding hydrogens is 397 g/mol. The Balaban J connectivity index is 1.60. The number of aromatic nitrogens is 2. The van der Waals surface area contributed by atoms with Gasteiger partial charge in [-0.1, -0.05) is 0 Å². The van der Waals surface area contributed by atoms with E-state index in [1.165, 1.54) is 19.6 Å². The summed E-state index contributed by atoms with van der Waals surface area (Å²) in [6.07, 6.45) is 3.54. The molecule has 8 nitrogen and oxygen atoms in total. The van der Waals surface area contributed by atoms with Crippen molar-refractivity contribution in [2.45, 2.75) is 31.1 Å². The predicted octanol–water partition coefficient (Wildman–Crippen LogP) is 2.31. The summed E-state index contributed by atoms with van der Waals surface area (Å²) in [5.74, 6) is 0.764. The Morgan fingerprint density at radius 2 is 1.90 bits per heavy atom. The fourth-order valence-electron chi connectivity index (χ4n) is 3.21. The molecule has 2 aromatic rings. The molecule has 0 radical (unpaired) electrons. The Bertz CT molecular complexity index is 949. The van der Waals surface area contributed by atoms with Gasteiger partial charge in [0.1, 0.15) is 22.3 Å². The quantitative estimate of drug-likeness (QED) is 0.629. The third-order valence-electron chi connectivity index (χ3n) is 4.64. The molecule has 0 bridgehead atoms. The molecule has 0 amide bonds.